The van der Waals surface area contributed by atoms with Gasteiger partial charge in [0.1, 0.15) is 5.82 Å². The van der Waals surface area contributed by atoms with Gasteiger partial charge in [-0.15, -0.1) is 0 Å². The van der Waals surface area contributed by atoms with Crippen LogP contribution in [0, 0.1) is 22.7 Å². The van der Waals surface area contributed by atoms with E-state index in [0.29, 0.717) is 36.1 Å². The quantitative estimate of drug-likeness (QED) is 0.132. The first-order valence-electron chi connectivity index (χ1n) is 23.7. The van der Waals surface area contributed by atoms with Crippen molar-refractivity contribution in [1.82, 2.24) is 19.9 Å². The lowest BCUT2D eigenvalue weighted by molar-refractivity contribution is -0.0153. The zero-order valence-corrected chi connectivity index (χ0v) is 37.8. The Morgan fingerprint density at radius 3 is 2.11 bits per heavy atom. The molecule has 0 unspecified atom stereocenters. The van der Waals surface area contributed by atoms with Gasteiger partial charge in [-0.25, -0.2) is 4.98 Å². The fourth-order valence-electron chi connectivity index (χ4n) is 11.0. The second kappa shape index (κ2) is 17.9. The minimum atomic E-state index is -0.142. The van der Waals surface area contributed by atoms with Crippen LogP contribution in [0.25, 0.3) is 55.2 Å². The number of benzene rings is 4. The molecule has 4 aliphatic rings. The molecule has 1 aliphatic carbocycles. The molecular formula is C56H54N8O2. The van der Waals surface area contributed by atoms with Crippen molar-refractivity contribution in [3.8, 4) is 51.3 Å². The Hall–Kier alpha value is -6.85. The van der Waals surface area contributed by atoms with Crippen molar-refractivity contribution in [3.05, 3.63) is 132 Å². The van der Waals surface area contributed by atoms with E-state index in [1.165, 1.54) is 36.9 Å². The third-order valence-corrected chi connectivity index (χ3v) is 14.4. The number of nitrogens with zero attached hydrogens (tertiary/aromatic N) is 8. The molecule has 3 aliphatic heterocycles. The van der Waals surface area contributed by atoms with E-state index < -0.39 is 0 Å². The molecular weight excluding hydrogens is 817 g/mol. The highest BCUT2D eigenvalue weighted by atomic mass is 16.5. The van der Waals surface area contributed by atoms with Crippen LogP contribution in [0.5, 0.6) is 5.75 Å². The number of likely N-dealkylation sites (tertiary alicyclic amines) is 1. The molecule has 10 heteroatoms. The average Bonchev–Trinajstić information content (AvgIpc) is 4.06. The van der Waals surface area contributed by atoms with Gasteiger partial charge in [0.25, 0.3) is 0 Å². The van der Waals surface area contributed by atoms with Crippen molar-refractivity contribution >= 4 is 33.3 Å². The second-order valence-electron chi connectivity index (χ2n) is 18.7. The Morgan fingerprint density at radius 1 is 0.682 bits per heavy atom. The van der Waals surface area contributed by atoms with Gasteiger partial charge >= 0.3 is 0 Å². The summed E-state index contributed by atoms with van der Waals surface area (Å²) in [5.41, 5.74) is 12.9. The minimum Gasteiger partial charge on any atom is -0.494 e. The number of ether oxygens (including phenoxy) is 2. The Labute approximate surface area is 387 Å². The lowest BCUT2D eigenvalue weighted by Crippen LogP contribution is -2.47. The molecule has 3 aromatic heterocycles. The number of fused-ring (bicyclic) bond motifs is 2. The molecule has 0 radical (unpaired) electrons. The maximum absolute atomic E-state index is 10.3. The fourth-order valence-corrected chi connectivity index (χ4v) is 11.0. The molecule has 0 N–H and O–H groups in total. The fraction of sp³-hybridized carbons (Fsp3) is 0.339. The minimum absolute atomic E-state index is 0.0228. The van der Waals surface area contributed by atoms with Gasteiger partial charge in [0.15, 0.2) is 5.75 Å². The maximum atomic E-state index is 10.3. The van der Waals surface area contributed by atoms with E-state index in [1.807, 2.05) is 55.0 Å². The van der Waals surface area contributed by atoms with Crippen LogP contribution >= 0.6 is 0 Å². The van der Waals surface area contributed by atoms with Gasteiger partial charge in [-0.05, 0) is 129 Å². The standard InChI is InChI=1S/C56H54N8O2/c1-36-34-64(52-20-19-42(31-59-52)50-32-60-54-46(38-13-11-37(29-57)12-14-38)7-5-9-48(54)53(50)39-15-16-39)35-45(66-36)28-43-27-40(17-18-41(43)30-58)47-8-6-10-49-55(47)61-33-51(56(49)65-2)63-25-21-44(22-26-63)62-23-3-4-24-62/h5-14,17-20,27,31-33,36,39,44-45H,3-4,15-16,21-26,28,34-35H2,1-2H3/t36-,45-/m1/s1. The first kappa shape index (κ1) is 41.8. The molecule has 4 aromatic carbocycles. The van der Waals surface area contributed by atoms with Gasteiger partial charge in [-0.1, -0.05) is 48.5 Å². The van der Waals surface area contributed by atoms with Crippen LogP contribution in [0.3, 0.4) is 0 Å². The van der Waals surface area contributed by atoms with Crippen molar-refractivity contribution < 1.29 is 9.47 Å². The van der Waals surface area contributed by atoms with Crippen LogP contribution in [-0.2, 0) is 11.2 Å². The van der Waals surface area contributed by atoms with Crippen LogP contribution in [0.1, 0.15) is 73.6 Å². The molecule has 2 atom stereocenters. The monoisotopic (exact) mass is 870 g/mol. The average molecular weight is 871 g/mol. The SMILES string of the molecule is COc1c(N2CCC(N3CCCC3)CC2)cnc2c(-c3ccc(C#N)c(C[C@@H]4CN(c5ccc(-c6cnc7c(-c8ccc(C#N)cc8)cccc7c6C6CC6)cn5)C[C@@H](C)O4)c3)cccc12. The number of nitriles is 2. The molecule has 11 rings (SSSR count). The third-order valence-electron chi connectivity index (χ3n) is 14.4. The molecule has 0 spiro atoms. The molecule has 1 saturated carbocycles. The van der Waals surface area contributed by atoms with Crippen molar-refractivity contribution in [1.29, 1.82) is 10.5 Å². The summed E-state index contributed by atoms with van der Waals surface area (Å²) >= 11 is 0. The van der Waals surface area contributed by atoms with Crippen LogP contribution in [0.4, 0.5) is 11.5 Å². The smallest absolute Gasteiger partial charge is 0.153 e. The van der Waals surface area contributed by atoms with E-state index >= 15 is 0 Å². The van der Waals surface area contributed by atoms with E-state index in [9.17, 15) is 10.5 Å². The molecule has 3 saturated heterocycles. The van der Waals surface area contributed by atoms with Crippen LogP contribution < -0.4 is 14.5 Å². The summed E-state index contributed by atoms with van der Waals surface area (Å²) in [6.07, 6.45) is 13.7. The van der Waals surface area contributed by atoms with E-state index in [1.54, 1.807) is 7.11 Å². The van der Waals surface area contributed by atoms with Crippen molar-refractivity contribution in [2.45, 2.75) is 76.0 Å². The first-order chi connectivity index (χ1) is 32.5. The highest BCUT2D eigenvalue weighted by Crippen LogP contribution is 2.48. The van der Waals surface area contributed by atoms with Gasteiger partial charge < -0.3 is 24.2 Å². The number of hydrogen-bond acceptors (Lipinski definition) is 10. The van der Waals surface area contributed by atoms with E-state index in [-0.39, 0.29) is 12.2 Å². The molecule has 7 aromatic rings. The zero-order chi connectivity index (χ0) is 44.7. The number of morpholine rings is 1. The Bertz CT molecular complexity index is 3010. The van der Waals surface area contributed by atoms with Gasteiger partial charge in [0.05, 0.1) is 65.5 Å². The topological polar surface area (TPSA) is 114 Å². The number of anilines is 2. The number of rotatable bonds is 10. The number of pyridine rings is 3. The highest BCUT2D eigenvalue weighted by molar-refractivity contribution is 6.00. The summed E-state index contributed by atoms with van der Waals surface area (Å²) in [6.45, 7) is 7.96. The van der Waals surface area contributed by atoms with Gasteiger partial charge in [0.2, 0.25) is 0 Å². The second-order valence-corrected chi connectivity index (χ2v) is 18.7. The van der Waals surface area contributed by atoms with E-state index in [2.05, 4.69) is 88.4 Å². The first-order valence-corrected chi connectivity index (χ1v) is 23.7. The Morgan fingerprint density at radius 2 is 1.39 bits per heavy atom. The van der Waals surface area contributed by atoms with Gasteiger partial charge in [-0.2, -0.15) is 10.5 Å². The number of methoxy groups -OCH3 is 1. The lowest BCUT2D eigenvalue weighted by atomic mass is 9.92. The Kier molecular flexibility index (Phi) is 11.3. The van der Waals surface area contributed by atoms with E-state index in [4.69, 9.17) is 24.4 Å². The van der Waals surface area contributed by atoms with Gasteiger partial charge in [0, 0.05) is 84.1 Å². The largest absolute Gasteiger partial charge is 0.494 e. The maximum Gasteiger partial charge on any atom is 0.153 e. The van der Waals surface area contributed by atoms with Crippen LogP contribution in [-0.4, -0.2) is 84.5 Å². The van der Waals surface area contributed by atoms with Crippen molar-refractivity contribution in [2.24, 2.45) is 0 Å². The summed E-state index contributed by atoms with van der Waals surface area (Å²) in [6, 6.07) is 36.3. The molecule has 0 amide bonds. The van der Waals surface area contributed by atoms with E-state index in [0.717, 1.165) is 118 Å². The molecule has 0 bridgehead atoms. The number of para-hydroxylation sites is 2. The summed E-state index contributed by atoms with van der Waals surface area (Å²) in [5.74, 6) is 2.27. The lowest BCUT2D eigenvalue weighted by Gasteiger charge is -2.38. The highest BCUT2D eigenvalue weighted by Gasteiger charge is 2.32. The van der Waals surface area contributed by atoms with Crippen molar-refractivity contribution in [2.75, 3.05) is 56.2 Å². The van der Waals surface area contributed by atoms with Crippen LogP contribution in [0.2, 0.25) is 0 Å². The molecule has 6 heterocycles. The Balaban J connectivity index is 0.828. The third kappa shape index (κ3) is 7.99. The van der Waals surface area contributed by atoms with Gasteiger partial charge in [-0.3, -0.25) is 9.97 Å². The summed E-state index contributed by atoms with van der Waals surface area (Å²) in [7, 11) is 1.77. The summed E-state index contributed by atoms with van der Waals surface area (Å²) < 4.78 is 12.8. The summed E-state index contributed by atoms with van der Waals surface area (Å²) in [5, 5.41) is 21.8. The molecule has 330 valence electrons. The summed E-state index contributed by atoms with van der Waals surface area (Å²) in [4.78, 5) is 22.7. The normalized spacial score (nSPS) is 19.3. The molecule has 4 fully saturated rings. The predicted octanol–water partition coefficient (Wildman–Crippen LogP) is 10.7. The number of aromatic nitrogens is 3. The number of piperidine rings is 1. The zero-order valence-electron chi connectivity index (χ0n) is 37.8. The molecule has 10 nitrogen and oxygen atoms in total. The van der Waals surface area contributed by atoms with Crippen LogP contribution in [0.15, 0.2) is 110 Å². The van der Waals surface area contributed by atoms with Crippen molar-refractivity contribution in [3.63, 3.8) is 0 Å². The molecule has 66 heavy (non-hydrogen) atoms. The predicted molar refractivity (Wildman–Crippen MR) is 262 cm³/mol. The number of hydrogen-bond donors (Lipinski definition) is 0.